The van der Waals surface area contributed by atoms with Crippen molar-refractivity contribution in [1.29, 1.82) is 0 Å². The molecule has 0 aliphatic rings. The van der Waals surface area contributed by atoms with Crippen LogP contribution in [0.5, 0.6) is 0 Å². The van der Waals surface area contributed by atoms with E-state index in [9.17, 15) is 23.3 Å². The molecule has 0 aromatic heterocycles. The quantitative estimate of drug-likeness (QED) is 0.150. The highest BCUT2D eigenvalue weighted by Gasteiger charge is 2.50. The summed E-state index contributed by atoms with van der Waals surface area (Å²) >= 11 is 0. The third-order valence-electron chi connectivity index (χ3n) is 6.31. The number of hydrogen-bond acceptors (Lipinski definition) is 6. The van der Waals surface area contributed by atoms with E-state index in [2.05, 4.69) is 61.7 Å². The van der Waals surface area contributed by atoms with E-state index in [4.69, 9.17) is 4.43 Å². The zero-order valence-electron chi connectivity index (χ0n) is 22.2. The Hall–Kier alpha value is -3.64. The molecule has 3 rings (SSSR count). The van der Waals surface area contributed by atoms with Crippen molar-refractivity contribution >= 4 is 40.3 Å². The third kappa shape index (κ3) is 7.06. The summed E-state index contributed by atoms with van der Waals surface area (Å²) in [6.07, 6.45) is 1.56. The molecule has 0 bridgehead atoms. The molecule has 3 aromatic carbocycles. The van der Waals surface area contributed by atoms with Crippen LogP contribution in [-0.4, -0.2) is 46.8 Å². The minimum Gasteiger partial charge on any atom is -0.405 e. The van der Waals surface area contributed by atoms with Crippen LogP contribution >= 0.6 is 0 Å². The SMILES string of the molecule is C=C[C@H](CO[Si](c1ccccc1)(c1ccccc1)C(C)(C)C)NC(=O)CNS(=O)(=O)c1ccc([N+](=O)[O-])cc1. The Morgan fingerprint density at radius 1 is 1.00 bits per heavy atom. The first-order valence-electron chi connectivity index (χ1n) is 12.3. The van der Waals surface area contributed by atoms with Crippen LogP contribution < -0.4 is 20.4 Å². The van der Waals surface area contributed by atoms with E-state index >= 15 is 0 Å². The second-order valence-corrected chi connectivity index (χ2v) is 16.0. The van der Waals surface area contributed by atoms with Gasteiger partial charge in [0.05, 0.1) is 29.0 Å². The van der Waals surface area contributed by atoms with E-state index in [0.717, 1.165) is 34.6 Å². The summed E-state index contributed by atoms with van der Waals surface area (Å²) in [6, 6.07) is 24.0. The monoisotopic (exact) mass is 567 g/mol. The zero-order valence-corrected chi connectivity index (χ0v) is 24.0. The highest BCUT2D eigenvalue weighted by molar-refractivity contribution is 7.89. The van der Waals surface area contributed by atoms with E-state index in [1.165, 1.54) is 0 Å². The van der Waals surface area contributed by atoms with Crippen molar-refractivity contribution in [1.82, 2.24) is 10.0 Å². The van der Waals surface area contributed by atoms with Gasteiger partial charge in [0.15, 0.2) is 0 Å². The summed E-state index contributed by atoms with van der Waals surface area (Å²) in [5.41, 5.74) is -0.235. The number of sulfonamides is 1. The van der Waals surface area contributed by atoms with Crippen molar-refractivity contribution < 1.29 is 22.6 Å². The maximum absolute atomic E-state index is 12.7. The smallest absolute Gasteiger partial charge is 0.269 e. The van der Waals surface area contributed by atoms with Gasteiger partial charge in [-0.2, -0.15) is 0 Å². The maximum atomic E-state index is 12.7. The van der Waals surface area contributed by atoms with Crippen LogP contribution in [0.1, 0.15) is 20.8 Å². The molecule has 0 unspecified atom stereocenters. The molecule has 11 heteroatoms. The van der Waals surface area contributed by atoms with E-state index in [1.54, 1.807) is 6.08 Å². The molecule has 0 fully saturated rings. The number of rotatable bonds is 12. The molecule has 206 valence electrons. The van der Waals surface area contributed by atoms with Gasteiger partial charge in [0, 0.05) is 12.1 Å². The molecule has 0 saturated heterocycles. The number of nitro groups is 1. The number of nitrogens with one attached hydrogen (secondary N) is 2. The molecule has 1 amide bonds. The van der Waals surface area contributed by atoms with Gasteiger partial charge in [0.25, 0.3) is 14.0 Å². The van der Waals surface area contributed by atoms with Crippen molar-refractivity contribution in [3.8, 4) is 0 Å². The number of nitro benzene ring substituents is 1. The Morgan fingerprint density at radius 3 is 1.95 bits per heavy atom. The molecule has 9 nitrogen and oxygen atoms in total. The van der Waals surface area contributed by atoms with Crippen molar-refractivity contribution in [2.75, 3.05) is 13.2 Å². The van der Waals surface area contributed by atoms with Crippen LogP contribution in [0.4, 0.5) is 5.69 Å². The van der Waals surface area contributed by atoms with Crippen LogP contribution in [0.3, 0.4) is 0 Å². The lowest BCUT2D eigenvalue weighted by Crippen LogP contribution is -2.67. The Labute approximate surface area is 230 Å². The standard InChI is InChI=1S/C28H33N3O6SSi/c1-5-22(30-27(32)20-29-38(35,36)24-18-16-23(17-19-24)31(33)34)21-37-39(28(2,3)4,25-12-8-6-9-13-25)26-14-10-7-11-15-26/h5-19,22,29H,1,20-21H2,2-4H3,(H,30,32)/t22-/m1/s1. The van der Waals surface area contributed by atoms with Crippen LogP contribution in [0.15, 0.2) is 102 Å². The van der Waals surface area contributed by atoms with E-state index in [1.807, 2.05) is 36.4 Å². The van der Waals surface area contributed by atoms with Crippen LogP contribution in [0.2, 0.25) is 5.04 Å². The molecule has 0 saturated carbocycles. The summed E-state index contributed by atoms with van der Waals surface area (Å²) in [4.78, 5) is 22.7. The van der Waals surface area contributed by atoms with Gasteiger partial charge in [-0.15, -0.1) is 6.58 Å². The number of carbonyl (C=O) groups is 1. The minimum atomic E-state index is -4.05. The Balaban J connectivity index is 1.74. The molecule has 3 aromatic rings. The normalized spacial score (nSPS) is 12.9. The first-order valence-corrected chi connectivity index (χ1v) is 15.7. The highest BCUT2D eigenvalue weighted by atomic mass is 32.2. The zero-order chi connectivity index (χ0) is 28.7. The molecule has 0 heterocycles. The topological polar surface area (TPSA) is 128 Å². The Bertz CT molecular complexity index is 1350. The van der Waals surface area contributed by atoms with Gasteiger partial charge in [-0.25, -0.2) is 13.1 Å². The molecule has 0 spiro atoms. The Kier molecular flexibility index (Phi) is 9.57. The second kappa shape index (κ2) is 12.5. The number of amides is 1. The predicted molar refractivity (Wildman–Crippen MR) is 154 cm³/mol. The van der Waals surface area contributed by atoms with Gasteiger partial charge in [-0.1, -0.05) is 87.5 Å². The van der Waals surface area contributed by atoms with Crippen molar-refractivity contribution in [3.05, 3.63) is 108 Å². The summed E-state index contributed by atoms with van der Waals surface area (Å²) in [7, 11) is -6.89. The molecule has 39 heavy (non-hydrogen) atoms. The first kappa shape index (κ1) is 29.9. The van der Waals surface area contributed by atoms with Crippen molar-refractivity contribution in [2.45, 2.75) is 36.7 Å². The summed E-state index contributed by atoms with van der Waals surface area (Å²) in [5.74, 6) is -0.573. The molecular weight excluding hydrogens is 534 g/mol. The van der Waals surface area contributed by atoms with E-state index < -0.39 is 41.8 Å². The minimum absolute atomic E-state index is 0.137. The maximum Gasteiger partial charge on any atom is 0.269 e. The molecule has 0 radical (unpaired) electrons. The molecule has 1 atom stereocenters. The highest BCUT2D eigenvalue weighted by Crippen LogP contribution is 2.36. The lowest BCUT2D eigenvalue weighted by Gasteiger charge is -2.43. The van der Waals surface area contributed by atoms with E-state index in [-0.39, 0.29) is 22.2 Å². The fourth-order valence-corrected chi connectivity index (χ4v) is 9.96. The van der Waals surface area contributed by atoms with Gasteiger partial charge < -0.3 is 9.74 Å². The fourth-order valence-electron chi connectivity index (χ4n) is 4.39. The van der Waals surface area contributed by atoms with Crippen LogP contribution in [0, 0.1) is 10.1 Å². The Morgan fingerprint density at radius 2 is 1.51 bits per heavy atom. The van der Waals surface area contributed by atoms with Crippen LogP contribution in [0.25, 0.3) is 0 Å². The van der Waals surface area contributed by atoms with Gasteiger partial charge in [0.1, 0.15) is 0 Å². The average molecular weight is 568 g/mol. The average Bonchev–Trinajstić information content (AvgIpc) is 2.92. The summed E-state index contributed by atoms with van der Waals surface area (Å²) in [5, 5.41) is 15.5. The lowest BCUT2D eigenvalue weighted by atomic mass is 10.2. The van der Waals surface area contributed by atoms with Gasteiger partial charge in [0.2, 0.25) is 15.9 Å². The van der Waals surface area contributed by atoms with Gasteiger partial charge in [-0.3, -0.25) is 14.9 Å². The third-order valence-corrected chi connectivity index (χ3v) is 12.7. The molecule has 0 aliphatic heterocycles. The molecular formula is C28H33N3O6SSi. The van der Waals surface area contributed by atoms with Gasteiger partial charge in [-0.05, 0) is 27.5 Å². The van der Waals surface area contributed by atoms with Crippen LogP contribution in [-0.2, 0) is 19.2 Å². The predicted octanol–water partition coefficient (Wildman–Crippen LogP) is 3.12. The fraction of sp³-hybridized carbons (Fsp3) is 0.250. The van der Waals surface area contributed by atoms with Crippen molar-refractivity contribution in [3.63, 3.8) is 0 Å². The number of benzene rings is 3. The largest absolute Gasteiger partial charge is 0.405 e. The van der Waals surface area contributed by atoms with E-state index in [0.29, 0.717) is 0 Å². The second-order valence-electron chi connectivity index (χ2n) is 9.96. The number of hydrogen-bond donors (Lipinski definition) is 2. The number of nitrogens with zero attached hydrogens (tertiary/aromatic N) is 1. The summed E-state index contributed by atoms with van der Waals surface area (Å²) in [6.45, 7) is 9.88. The molecule has 0 aliphatic carbocycles. The first-order chi connectivity index (χ1) is 18.4. The lowest BCUT2D eigenvalue weighted by molar-refractivity contribution is -0.384. The molecule has 2 N–H and O–H groups in total. The number of carbonyl (C=O) groups excluding carboxylic acids is 1. The number of non-ortho nitro benzene ring substituents is 1. The summed E-state index contributed by atoms with van der Waals surface area (Å²) < 4.78 is 34.2. The van der Waals surface area contributed by atoms with Crippen molar-refractivity contribution in [2.24, 2.45) is 0 Å². The van der Waals surface area contributed by atoms with Gasteiger partial charge >= 0.3 is 0 Å².